The van der Waals surface area contributed by atoms with Crippen molar-refractivity contribution in [1.82, 2.24) is 24.7 Å². The lowest BCUT2D eigenvalue weighted by Crippen LogP contribution is -2.30. The van der Waals surface area contributed by atoms with Gasteiger partial charge in [-0.3, -0.25) is 19.5 Å². The second kappa shape index (κ2) is 7.07. The molecule has 1 aromatic carbocycles. The third kappa shape index (κ3) is 3.35. The molecule has 0 radical (unpaired) electrons. The Labute approximate surface area is 149 Å². The van der Waals surface area contributed by atoms with E-state index in [0.29, 0.717) is 23.8 Å². The van der Waals surface area contributed by atoms with E-state index in [9.17, 15) is 9.59 Å². The summed E-state index contributed by atoms with van der Waals surface area (Å²) < 4.78 is 1.70. The topological polar surface area (TPSA) is 106 Å². The number of nitrogens with one attached hydrogen (secondary N) is 2. The lowest BCUT2D eigenvalue weighted by atomic mass is 9.81. The maximum Gasteiger partial charge on any atom is 0.261 e. The monoisotopic (exact) mass is 352 g/mol. The van der Waals surface area contributed by atoms with Gasteiger partial charge in [0.15, 0.2) is 0 Å². The van der Waals surface area contributed by atoms with E-state index in [1.54, 1.807) is 10.9 Å². The Kier molecular flexibility index (Phi) is 4.47. The third-order valence-corrected chi connectivity index (χ3v) is 5.06. The van der Waals surface area contributed by atoms with Crippen LogP contribution in [0.15, 0.2) is 41.7 Å². The second-order valence-electron chi connectivity index (χ2n) is 6.76. The van der Waals surface area contributed by atoms with Crippen molar-refractivity contribution in [1.29, 1.82) is 0 Å². The average molecular weight is 352 g/mol. The van der Waals surface area contributed by atoms with Crippen molar-refractivity contribution in [3.63, 3.8) is 0 Å². The van der Waals surface area contributed by atoms with Gasteiger partial charge in [-0.1, -0.05) is 12.1 Å². The fourth-order valence-electron chi connectivity index (χ4n) is 3.61. The Bertz CT molecular complexity index is 957. The van der Waals surface area contributed by atoms with E-state index in [1.807, 2.05) is 24.3 Å². The normalized spacial score (nSPS) is 20.2. The van der Waals surface area contributed by atoms with Crippen molar-refractivity contribution in [3.05, 3.63) is 47.3 Å². The van der Waals surface area contributed by atoms with Gasteiger partial charge in [-0.2, -0.15) is 10.1 Å². The summed E-state index contributed by atoms with van der Waals surface area (Å²) >= 11 is 0. The van der Waals surface area contributed by atoms with E-state index in [1.165, 1.54) is 6.33 Å². The molecule has 8 heteroatoms. The number of H-pyrrole nitrogens is 1. The first-order chi connectivity index (χ1) is 12.7. The van der Waals surface area contributed by atoms with Crippen molar-refractivity contribution in [3.8, 4) is 0 Å². The molecule has 0 spiro atoms. The lowest BCUT2D eigenvalue weighted by molar-refractivity contribution is -0.121. The summed E-state index contributed by atoms with van der Waals surface area (Å²) in [6.45, 7) is 0.646. The van der Waals surface area contributed by atoms with Crippen LogP contribution in [0.1, 0.15) is 25.7 Å². The first-order valence-corrected chi connectivity index (χ1v) is 8.81. The van der Waals surface area contributed by atoms with Crippen molar-refractivity contribution in [2.24, 2.45) is 11.8 Å². The molecule has 1 amide bonds. The van der Waals surface area contributed by atoms with Crippen LogP contribution in [0, 0.1) is 11.8 Å². The van der Waals surface area contributed by atoms with E-state index in [0.717, 1.165) is 31.2 Å². The molecule has 0 aliphatic heterocycles. The van der Waals surface area contributed by atoms with Crippen LogP contribution in [-0.4, -0.2) is 30.6 Å². The van der Waals surface area contributed by atoms with Crippen LogP contribution >= 0.6 is 0 Å². The Morgan fingerprint density at radius 2 is 2.00 bits per heavy atom. The Balaban J connectivity index is 1.37. The minimum Gasteiger partial charge on any atom is -0.298 e. The number of aromatic nitrogens is 5. The molecule has 4 rings (SSSR count). The molecule has 2 N–H and O–H groups in total. The van der Waals surface area contributed by atoms with E-state index in [4.69, 9.17) is 0 Å². The number of amides is 1. The van der Waals surface area contributed by atoms with Crippen LogP contribution in [0.5, 0.6) is 0 Å². The van der Waals surface area contributed by atoms with Gasteiger partial charge >= 0.3 is 0 Å². The molecule has 2 heterocycles. The molecule has 134 valence electrons. The van der Waals surface area contributed by atoms with Crippen LogP contribution in [0.4, 0.5) is 5.95 Å². The lowest BCUT2D eigenvalue weighted by Gasteiger charge is -2.27. The number of carbonyl (C=O) groups excluding carboxylic acids is 1. The highest BCUT2D eigenvalue weighted by Gasteiger charge is 2.27. The van der Waals surface area contributed by atoms with Gasteiger partial charge in [-0.15, -0.1) is 0 Å². The molecule has 3 aromatic rings. The predicted molar refractivity (Wildman–Crippen MR) is 96.5 cm³/mol. The van der Waals surface area contributed by atoms with Gasteiger partial charge in [-0.25, -0.2) is 10.1 Å². The van der Waals surface area contributed by atoms with Crippen LogP contribution in [0.3, 0.4) is 0 Å². The molecule has 1 fully saturated rings. The van der Waals surface area contributed by atoms with Gasteiger partial charge in [0.05, 0.1) is 17.2 Å². The zero-order chi connectivity index (χ0) is 17.9. The molecule has 26 heavy (non-hydrogen) atoms. The Hall–Kier alpha value is -3.03. The summed E-state index contributed by atoms with van der Waals surface area (Å²) in [5, 5.41) is 9.75. The zero-order valence-electron chi connectivity index (χ0n) is 14.3. The molecule has 2 aromatic heterocycles. The van der Waals surface area contributed by atoms with Crippen LogP contribution < -0.4 is 10.9 Å². The van der Waals surface area contributed by atoms with E-state index in [-0.39, 0.29) is 17.4 Å². The largest absolute Gasteiger partial charge is 0.298 e. The van der Waals surface area contributed by atoms with Crippen LogP contribution in [0.2, 0.25) is 0 Å². The standard InChI is InChI=1S/C18H20N6O2/c25-16(22-18-19-10-21-23-18)13-7-5-12(6-8-13)9-24-11-20-15-4-2-1-3-14(15)17(24)26/h1-4,10-13H,5-9H2,(H2,19,21,22,23,25). The number of fused-ring (bicyclic) bond motifs is 1. The smallest absolute Gasteiger partial charge is 0.261 e. The minimum absolute atomic E-state index is 0.000728. The highest BCUT2D eigenvalue weighted by Crippen LogP contribution is 2.30. The summed E-state index contributed by atoms with van der Waals surface area (Å²) in [7, 11) is 0. The quantitative estimate of drug-likeness (QED) is 0.747. The number of hydrogen-bond donors (Lipinski definition) is 2. The SMILES string of the molecule is O=C(Nc1ncn[nH]1)C1CCC(Cn2cnc3ccccc3c2=O)CC1. The van der Waals surface area contributed by atoms with Crippen LogP contribution in [-0.2, 0) is 11.3 Å². The first-order valence-electron chi connectivity index (χ1n) is 8.81. The predicted octanol–water partition coefficient (Wildman–Crippen LogP) is 1.96. The summed E-state index contributed by atoms with van der Waals surface area (Å²) in [5.41, 5.74) is 0.724. The molecule has 0 saturated heterocycles. The van der Waals surface area contributed by atoms with Crippen molar-refractivity contribution in [2.45, 2.75) is 32.2 Å². The highest BCUT2D eigenvalue weighted by atomic mass is 16.2. The maximum atomic E-state index is 12.6. The number of aromatic amines is 1. The molecule has 0 atom stereocenters. The average Bonchev–Trinajstić information content (AvgIpc) is 3.18. The van der Waals surface area contributed by atoms with Crippen molar-refractivity contribution in [2.75, 3.05) is 5.32 Å². The number of carbonyl (C=O) groups is 1. The fourth-order valence-corrected chi connectivity index (χ4v) is 3.61. The van der Waals surface area contributed by atoms with Gasteiger partial charge in [0.2, 0.25) is 11.9 Å². The third-order valence-electron chi connectivity index (χ3n) is 5.06. The van der Waals surface area contributed by atoms with Gasteiger partial charge in [0, 0.05) is 12.5 Å². The fraction of sp³-hybridized carbons (Fsp3) is 0.389. The Morgan fingerprint density at radius 1 is 1.19 bits per heavy atom. The summed E-state index contributed by atoms with van der Waals surface area (Å²) in [4.78, 5) is 33.1. The number of anilines is 1. The van der Waals surface area contributed by atoms with Gasteiger partial charge in [0.25, 0.3) is 5.56 Å². The number of rotatable bonds is 4. The summed E-state index contributed by atoms with van der Waals surface area (Å²) in [5.74, 6) is 0.712. The van der Waals surface area contributed by atoms with E-state index < -0.39 is 0 Å². The number of para-hydroxylation sites is 1. The van der Waals surface area contributed by atoms with Gasteiger partial charge in [-0.05, 0) is 43.7 Å². The zero-order valence-corrected chi connectivity index (χ0v) is 14.3. The molecule has 0 unspecified atom stereocenters. The van der Waals surface area contributed by atoms with Gasteiger partial charge < -0.3 is 0 Å². The first kappa shape index (κ1) is 16.4. The molecule has 1 saturated carbocycles. The summed E-state index contributed by atoms with van der Waals surface area (Å²) in [6.07, 6.45) is 6.43. The van der Waals surface area contributed by atoms with Crippen LogP contribution in [0.25, 0.3) is 10.9 Å². The minimum atomic E-state index is -0.0252. The molecule has 0 bridgehead atoms. The molecule has 8 nitrogen and oxygen atoms in total. The van der Waals surface area contributed by atoms with E-state index in [2.05, 4.69) is 25.5 Å². The molecule has 1 aliphatic rings. The molecule has 1 aliphatic carbocycles. The molecular formula is C18H20N6O2. The van der Waals surface area contributed by atoms with Crippen molar-refractivity contribution < 1.29 is 4.79 Å². The number of nitrogens with zero attached hydrogens (tertiary/aromatic N) is 4. The molecular weight excluding hydrogens is 332 g/mol. The number of hydrogen-bond acceptors (Lipinski definition) is 5. The van der Waals surface area contributed by atoms with E-state index >= 15 is 0 Å². The summed E-state index contributed by atoms with van der Waals surface area (Å²) in [6, 6.07) is 7.39. The van der Waals surface area contributed by atoms with Crippen molar-refractivity contribution >= 4 is 22.8 Å². The maximum absolute atomic E-state index is 12.6. The second-order valence-corrected chi connectivity index (χ2v) is 6.76. The highest BCUT2D eigenvalue weighted by molar-refractivity contribution is 5.90. The van der Waals surface area contributed by atoms with Gasteiger partial charge in [0.1, 0.15) is 6.33 Å². The Morgan fingerprint density at radius 3 is 2.77 bits per heavy atom. The number of benzene rings is 1.